The molecule has 5 atom stereocenters. The third kappa shape index (κ3) is 9.00. The molecule has 6 heteroatoms. The molecule has 0 spiro atoms. The fraction of sp³-hybridized carbons (Fsp3) is 0.500. The topological polar surface area (TPSA) is 87.0 Å². The van der Waals surface area contributed by atoms with Gasteiger partial charge in [0, 0.05) is 23.6 Å². The lowest BCUT2D eigenvalue weighted by Crippen LogP contribution is -2.20. The number of unbranched alkanes of at least 4 members (excludes halogenated alkanes) is 1. The molecule has 1 fully saturated rings. The van der Waals surface area contributed by atoms with Crippen LogP contribution >= 0.6 is 11.3 Å². The molecule has 0 saturated heterocycles. The molecule has 0 radical (unpaired) electrons. The summed E-state index contributed by atoms with van der Waals surface area (Å²) in [5.41, 5.74) is 2.38. The number of benzene rings is 1. The van der Waals surface area contributed by atoms with Gasteiger partial charge in [0.05, 0.1) is 24.4 Å². The lowest BCUT2D eigenvalue weighted by molar-refractivity contribution is -0.147. The van der Waals surface area contributed by atoms with Gasteiger partial charge in [0.15, 0.2) is 0 Å². The number of carbonyl (C=O) groups is 1. The maximum Gasteiger partial charge on any atom is 0.306 e. The summed E-state index contributed by atoms with van der Waals surface area (Å²) in [7, 11) is 0. The van der Waals surface area contributed by atoms with E-state index in [2.05, 4.69) is 35.7 Å². The zero-order chi connectivity index (χ0) is 25.9. The molecule has 5 nitrogen and oxygen atoms in total. The van der Waals surface area contributed by atoms with Crippen molar-refractivity contribution in [2.45, 2.75) is 83.2 Å². The van der Waals surface area contributed by atoms with E-state index in [-0.39, 0.29) is 23.9 Å². The molecule has 0 amide bonds. The van der Waals surface area contributed by atoms with Gasteiger partial charge in [-0.3, -0.25) is 4.79 Å². The molecule has 2 aromatic rings. The van der Waals surface area contributed by atoms with Crippen molar-refractivity contribution in [3.05, 3.63) is 71.6 Å². The lowest BCUT2D eigenvalue weighted by atomic mass is 9.89. The minimum atomic E-state index is -0.616. The first-order valence-electron chi connectivity index (χ1n) is 13.0. The highest BCUT2D eigenvalue weighted by Gasteiger charge is 2.39. The monoisotopic (exact) mass is 512 g/mol. The van der Waals surface area contributed by atoms with Crippen LogP contribution in [-0.2, 0) is 16.0 Å². The van der Waals surface area contributed by atoms with Crippen LogP contribution in [0.5, 0.6) is 0 Å². The molecule has 1 aliphatic carbocycles. The second-order valence-corrected chi connectivity index (χ2v) is 10.9. The van der Waals surface area contributed by atoms with Crippen molar-refractivity contribution in [2.24, 2.45) is 11.8 Å². The Bertz CT molecular complexity index is 981. The summed E-state index contributed by atoms with van der Waals surface area (Å²) >= 11 is 1.72. The molecule has 1 aromatic heterocycles. The van der Waals surface area contributed by atoms with Crippen LogP contribution in [-0.4, -0.2) is 45.7 Å². The number of hydrogen-bond donors (Lipinski definition) is 3. The van der Waals surface area contributed by atoms with Crippen molar-refractivity contribution in [3.8, 4) is 10.4 Å². The fourth-order valence-electron chi connectivity index (χ4n) is 4.75. The predicted molar refractivity (Wildman–Crippen MR) is 146 cm³/mol. The molecule has 0 unspecified atom stereocenters. The molecule has 3 N–H and O–H groups in total. The number of ether oxygens (including phenoxy) is 1. The van der Waals surface area contributed by atoms with E-state index >= 15 is 0 Å². The quantitative estimate of drug-likeness (QED) is 0.182. The molecular weight excluding hydrogens is 472 g/mol. The number of rotatable bonds is 13. The summed E-state index contributed by atoms with van der Waals surface area (Å²) in [5.74, 6) is -0.456. The van der Waals surface area contributed by atoms with E-state index in [1.807, 2.05) is 38.1 Å². The molecule has 36 heavy (non-hydrogen) atoms. The van der Waals surface area contributed by atoms with Gasteiger partial charge in [-0.05, 0) is 74.4 Å². The Morgan fingerprint density at radius 3 is 2.75 bits per heavy atom. The van der Waals surface area contributed by atoms with E-state index in [0.29, 0.717) is 25.7 Å². The van der Waals surface area contributed by atoms with Gasteiger partial charge < -0.3 is 20.1 Å². The first kappa shape index (κ1) is 28.3. The van der Waals surface area contributed by atoms with E-state index in [1.54, 1.807) is 17.4 Å². The van der Waals surface area contributed by atoms with Crippen molar-refractivity contribution in [2.75, 3.05) is 0 Å². The predicted octanol–water partition coefficient (Wildman–Crippen LogP) is 5.69. The van der Waals surface area contributed by atoms with Crippen LogP contribution in [0.4, 0.5) is 0 Å². The summed E-state index contributed by atoms with van der Waals surface area (Å²) in [6.45, 7) is 3.68. The maximum absolute atomic E-state index is 11.6. The smallest absolute Gasteiger partial charge is 0.306 e. The summed E-state index contributed by atoms with van der Waals surface area (Å²) in [6.07, 6.45) is 10.1. The highest BCUT2D eigenvalue weighted by Crippen LogP contribution is 2.36. The van der Waals surface area contributed by atoms with Crippen LogP contribution < -0.4 is 0 Å². The van der Waals surface area contributed by atoms with Gasteiger partial charge in [0.1, 0.15) is 0 Å². The second-order valence-electron chi connectivity index (χ2n) is 9.92. The highest BCUT2D eigenvalue weighted by molar-refractivity contribution is 7.13. The minimum Gasteiger partial charge on any atom is -0.463 e. The van der Waals surface area contributed by atoms with Crippen LogP contribution in [0.1, 0.15) is 57.9 Å². The van der Waals surface area contributed by atoms with Gasteiger partial charge >= 0.3 is 5.97 Å². The van der Waals surface area contributed by atoms with Crippen LogP contribution in [0, 0.1) is 11.8 Å². The average Bonchev–Trinajstić information content (AvgIpc) is 3.46. The number of hydrogen-bond acceptors (Lipinski definition) is 6. The van der Waals surface area contributed by atoms with Crippen molar-refractivity contribution in [1.82, 2.24) is 0 Å². The molecule has 0 bridgehead atoms. The van der Waals surface area contributed by atoms with Gasteiger partial charge in [-0.2, -0.15) is 0 Å². The van der Waals surface area contributed by atoms with E-state index in [9.17, 15) is 20.1 Å². The Morgan fingerprint density at radius 2 is 2.00 bits per heavy atom. The Labute approximate surface area is 219 Å². The van der Waals surface area contributed by atoms with Crippen molar-refractivity contribution in [3.63, 3.8) is 0 Å². The summed E-state index contributed by atoms with van der Waals surface area (Å²) in [6, 6.07) is 12.6. The molecule has 3 rings (SSSR count). The number of allylic oxidation sites excluding steroid dienone is 2. The van der Waals surface area contributed by atoms with E-state index in [4.69, 9.17) is 4.74 Å². The minimum absolute atomic E-state index is 0.0885. The summed E-state index contributed by atoms with van der Waals surface area (Å²) in [5, 5.41) is 33.6. The van der Waals surface area contributed by atoms with Gasteiger partial charge in [-0.1, -0.05) is 54.6 Å². The van der Waals surface area contributed by atoms with Gasteiger partial charge in [0.25, 0.3) is 0 Å². The zero-order valence-electron chi connectivity index (χ0n) is 21.3. The van der Waals surface area contributed by atoms with E-state index in [1.165, 1.54) is 16.0 Å². The average molecular weight is 513 g/mol. The van der Waals surface area contributed by atoms with Crippen molar-refractivity contribution < 1.29 is 24.9 Å². The zero-order valence-corrected chi connectivity index (χ0v) is 22.1. The van der Waals surface area contributed by atoms with Gasteiger partial charge in [-0.25, -0.2) is 0 Å². The Hall–Kier alpha value is -2.25. The standard InChI is InChI=1S/C30H40O5S/c1-21(2)35-30(34)13-6-4-3-5-11-25-26(28(33)20-27(25)32)17-16-24(31)15-14-22-9-7-10-23(19-22)29-12-8-18-36-29/h3,5,7-10,12,16-19,21,24-28,31-33H,4,6,11,13-15,20H2,1-2H3/b5-3-,17-16+/t24-,25+,26+,27-,28+/m0/s1. The first-order chi connectivity index (χ1) is 17.3. The van der Waals surface area contributed by atoms with Crippen molar-refractivity contribution in [1.29, 1.82) is 0 Å². The number of aliphatic hydroxyl groups excluding tert-OH is 3. The van der Waals surface area contributed by atoms with Crippen LogP contribution in [0.25, 0.3) is 10.4 Å². The van der Waals surface area contributed by atoms with Crippen LogP contribution in [0.2, 0.25) is 0 Å². The molecule has 1 heterocycles. The van der Waals surface area contributed by atoms with Gasteiger partial charge in [0.2, 0.25) is 0 Å². The normalized spacial score (nSPS) is 23.2. The second kappa shape index (κ2) is 14.5. The van der Waals surface area contributed by atoms with E-state index in [0.717, 1.165) is 19.3 Å². The Morgan fingerprint density at radius 1 is 1.17 bits per heavy atom. The first-order valence-corrected chi connectivity index (χ1v) is 13.9. The lowest BCUT2D eigenvalue weighted by Gasteiger charge is -2.19. The molecular formula is C30H40O5S. The van der Waals surface area contributed by atoms with Crippen LogP contribution in [0.15, 0.2) is 66.1 Å². The van der Waals surface area contributed by atoms with Crippen LogP contribution in [0.3, 0.4) is 0 Å². The highest BCUT2D eigenvalue weighted by atomic mass is 32.1. The van der Waals surface area contributed by atoms with Crippen molar-refractivity contribution >= 4 is 17.3 Å². The third-order valence-electron chi connectivity index (χ3n) is 6.63. The van der Waals surface area contributed by atoms with Gasteiger partial charge in [-0.15, -0.1) is 11.3 Å². The molecule has 1 saturated carbocycles. The largest absolute Gasteiger partial charge is 0.463 e. The summed E-state index contributed by atoms with van der Waals surface area (Å²) < 4.78 is 5.14. The number of aryl methyl sites for hydroxylation is 1. The SMILES string of the molecule is CC(C)OC(=O)CCC/C=C\C[C@@H]1[C@@H](/C=C/[C@@H](O)CCc2cccc(-c3cccs3)c2)[C@H](O)C[C@@H]1O. The molecule has 1 aromatic carbocycles. The molecule has 0 aliphatic heterocycles. The molecule has 1 aliphatic rings. The molecule has 196 valence electrons. The third-order valence-corrected chi connectivity index (χ3v) is 7.55. The number of carbonyl (C=O) groups excluding carboxylic acids is 1. The number of aliphatic hydroxyl groups is 3. The Balaban J connectivity index is 1.45. The fourth-order valence-corrected chi connectivity index (χ4v) is 5.48. The van der Waals surface area contributed by atoms with E-state index < -0.39 is 18.3 Å². The number of esters is 1. The maximum atomic E-state index is 11.6. The summed E-state index contributed by atoms with van der Waals surface area (Å²) in [4.78, 5) is 12.8. The Kier molecular flexibility index (Phi) is 11.4. The number of thiophene rings is 1.